The number of aliphatic hydroxyl groups excluding tert-OH is 4. The predicted octanol–water partition coefficient (Wildman–Crippen LogP) is -0.892. The number of hydrogen-bond acceptors (Lipinski definition) is 24. The van der Waals surface area contributed by atoms with Crippen LogP contribution < -0.4 is 11.5 Å². The number of rotatable bonds is 16. The van der Waals surface area contributed by atoms with Crippen LogP contribution in [0, 0.1) is 0 Å². The van der Waals surface area contributed by atoms with Gasteiger partial charge in [-0.1, -0.05) is 23.5 Å². The third kappa shape index (κ3) is 9.71. The van der Waals surface area contributed by atoms with Gasteiger partial charge in [0.25, 0.3) is 0 Å². The van der Waals surface area contributed by atoms with Crippen molar-refractivity contribution in [2.45, 2.75) is 59.4 Å². The van der Waals surface area contributed by atoms with E-state index in [1.165, 1.54) is 21.8 Å². The average Bonchev–Trinajstić information content (AvgIpc) is 3.86. The van der Waals surface area contributed by atoms with Gasteiger partial charge in [-0.3, -0.25) is 22.8 Å². The standard InChI is InChI=1S/C23H34N10O18P4S2/c1-56-22-28-16(24)10-18(30-22)32(5-26-10)20-14(36)12(34)8(48-20)3-46-52(38,39)7-53(40,41)50-55(44,45)51-54(42,43)47-4-9-13(35)15(37)21(49-9)33-6-27-11-17(25)29-23(57-2)31-19(11)33/h5-6,8-9,12-15,20-21,34-37H,3-4,7H2,1-2H3,(H,38,39)(H,40,41)(H,42,43)(H,44,45)(H2,24,28,30)(H2,25,29,31)/t8-,9-,12-,13-,14-,15-,20-,21-/m0/s1. The molecule has 6 heterocycles. The number of anilines is 2. The minimum absolute atomic E-state index is 0.00779. The summed E-state index contributed by atoms with van der Waals surface area (Å²) in [5, 5.41) is 42.9. The van der Waals surface area contributed by atoms with Gasteiger partial charge in [-0.25, -0.2) is 43.3 Å². The van der Waals surface area contributed by atoms with Crippen LogP contribution in [-0.4, -0.2) is 147 Å². The van der Waals surface area contributed by atoms with Crippen molar-refractivity contribution in [1.29, 1.82) is 0 Å². The van der Waals surface area contributed by atoms with E-state index >= 15 is 0 Å². The van der Waals surface area contributed by atoms with Gasteiger partial charge in [-0.05, 0) is 12.5 Å². The summed E-state index contributed by atoms with van der Waals surface area (Å²) < 4.78 is 81.5. The minimum atomic E-state index is -6.09. The number of nitrogen functional groups attached to an aromatic ring is 2. The Morgan fingerprint density at radius 1 is 0.667 bits per heavy atom. The van der Waals surface area contributed by atoms with Gasteiger partial charge >= 0.3 is 30.8 Å². The van der Waals surface area contributed by atoms with Crippen LogP contribution in [0.4, 0.5) is 11.6 Å². The van der Waals surface area contributed by atoms with Crippen molar-refractivity contribution in [3.8, 4) is 0 Å². The number of hydrogen-bond donors (Lipinski definition) is 10. The van der Waals surface area contributed by atoms with E-state index in [0.29, 0.717) is 0 Å². The van der Waals surface area contributed by atoms with E-state index in [9.17, 15) is 58.3 Å². The first kappa shape index (κ1) is 44.3. The summed E-state index contributed by atoms with van der Waals surface area (Å²) in [6, 6.07) is 0. The quantitative estimate of drug-likeness (QED) is 0.0370. The molecule has 4 unspecified atom stereocenters. The zero-order chi connectivity index (χ0) is 41.8. The molecule has 2 aliphatic rings. The van der Waals surface area contributed by atoms with Crippen molar-refractivity contribution in [3.63, 3.8) is 0 Å². The normalized spacial score (nSPS) is 29.6. The molecule has 12 N–H and O–H groups in total. The second-order valence-corrected chi connectivity index (χ2v) is 21.0. The maximum atomic E-state index is 12.7. The highest BCUT2D eigenvalue weighted by molar-refractivity contribution is 7.98. The van der Waals surface area contributed by atoms with Crippen LogP contribution in [0.15, 0.2) is 23.0 Å². The molecule has 57 heavy (non-hydrogen) atoms. The zero-order valence-corrected chi connectivity index (χ0v) is 34.1. The van der Waals surface area contributed by atoms with Gasteiger partial charge in [0.15, 0.2) is 51.6 Å². The molecule has 0 bridgehead atoms. The molecule has 0 aromatic carbocycles. The fourth-order valence-electron chi connectivity index (χ4n) is 5.56. The number of fused-ring (bicyclic) bond motifs is 2. The number of nitrogens with zero attached hydrogens (tertiary/aromatic N) is 8. The van der Waals surface area contributed by atoms with Crippen molar-refractivity contribution >= 4 is 88.3 Å². The third-order valence-electron chi connectivity index (χ3n) is 8.08. The van der Waals surface area contributed by atoms with E-state index in [1.807, 2.05) is 0 Å². The Kier molecular flexibility index (Phi) is 13.0. The van der Waals surface area contributed by atoms with Gasteiger partial charge in [-0.15, -0.1) is 0 Å². The maximum absolute atomic E-state index is 12.7. The lowest BCUT2D eigenvalue weighted by atomic mass is 10.1. The number of nitrogens with two attached hydrogens (primary N) is 2. The zero-order valence-electron chi connectivity index (χ0n) is 28.9. The van der Waals surface area contributed by atoms with Crippen LogP contribution in [0.2, 0.25) is 0 Å². The van der Waals surface area contributed by atoms with E-state index < -0.39 is 99.0 Å². The van der Waals surface area contributed by atoms with Crippen molar-refractivity contribution in [1.82, 2.24) is 39.0 Å². The fourth-order valence-corrected chi connectivity index (χ4v) is 12.7. The Labute approximate surface area is 327 Å². The van der Waals surface area contributed by atoms with Crippen LogP contribution in [0.1, 0.15) is 12.5 Å². The number of phosphoric ester groups is 1. The summed E-state index contributed by atoms with van der Waals surface area (Å²) in [4.78, 5) is 65.2. The maximum Gasteiger partial charge on any atom is 0.488 e. The number of imidazole rings is 2. The van der Waals surface area contributed by atoms with Crippen molar-refractivity contribution in [2.24, 2.45) is 0 Å². The second kappa shape index (κ2) is 16.7. The molecule has 28 nitrogen and oxygen atoms in total. The van der Waals surface area contributed by atoms with Crippen LogP contribution in [-0.2, 0) is 45.4 Å². The Bertz CT molecular complexity index is 2190. The van der Waals surface area contributed by atoms with Crippen LogP contribution >= 0.6 is 54.4 Å². The molecule has 2 aliphatic heterocycles. The lowest BCUT2D eigenvalue weighted by Gasteiger charge is -2.22. The van der Waals surface area contributed by atoms with E-state index in [0.717, 1.165) is 23.5 Å². The van der Waals surface area contributed by atoms with Crippen LogP contribution in [0.25, 0.3) is 22.3 Å². The van der Waals surface area contributed by atoms with Crippen LogP contribution in [0.3, 0.4) is 0 Å². The summed E-state index contributed by atoms with van der Waals surface area (Å²) in [5.74, 6) is -1.87. The Morgan fingerprint density at radius 3 is 1.54 bits per heavy atom. The first-order valence-corrected chi connectivity index (χ1v) is 24.6. The lowest BCUT2D eigenvalue weighted by molar-refractivity contribution is -0.0503. The molecule has 0 aliphatic carbocycles. The highest BCUT2D eigenvalue weighted by Gasteiger charge is 2.49. The largest absolute Gasteiger partial charge is 0.488 e. The number of thioether (sulfide) groups is 2. The number of phosphoric acid groups is 2. The third-order valence-corrected chi connectivity index (χ3v) is 16.6. The van der Waals surface area contributed by atoms with Crippen molar-refractivity contribution < 1.29 is 85.4 Å². The van der Waals surface area contributed by atoms with E-state index in [1.54, 1.807) is 12.5 Å². The molecular formula is C23H34N10O18P4S2. The van der Waals surface area contributed by atoms with Gasteiger partial charge in [0, 0.05) is 0 Å². The summed E-state index contributed by atoms with van der Waals surface area (Å²) in [6.07, 6.45) is -7.13. The summed E-state index contributed by atoms with van der Waals surface area (Å²) >= 11 is 2.30. The smallest absolute Gasteiger partial charge is 0.387 e. The second-order valence-electron chi connectivity index (χ2n) is 12.0. The lowest BCUT2D eigenvalue weighted by Crippen LogP contribution is -2.33. The van der Waals surface area contributed by atoms with Crippen molar-refractivity contribution in [2.75, 3.05) is 43.1 Å². The van der Waals surface area contributed by atoms with Gasteiger partial charge in [0.05, 0.1) is 25.9 Å². The fraction of sp³-hybridized carbons (Fsp3) is 0.565. The first-order chi connectivity index (χ1) is 26.5. The van der Waals surface area contributed by atoms with E-state index in [2.05, 4.69) is 43.0 Å². The van der Waals surface area contributed by atoms with E-state index in [4.69, 9.17) is 25.5 Å². The molecule has 2 saturated heterocycles. The van der Waals surface area contributed by atoms with Crippen molar-refractivity contribution in [3.05, 3.63) is 12.7 Å². The SMILES string of the molecule is CSc1nc(N)c2ncn([C@H]3O[C@@H](COP(=O)(O)CP(=O)(O)OP(=O)(O)OP(=O)(O)OC[C@@H]4O[C@H](n5cnc6c(N)nc(SC)nc65)[C@@H](O)[C@H]4O)[C@H](O)[C@@H]3O)c2n1. The average molecular weight is 927 g/mol. The topological polar surface area (TPSA) is 425 Å². The highest BCUT2D eigenvalue weighted by Crippen LogP contribution is 2.70. The van der Waals surface area contributed by atoms with E-state index in [-0.39, 0.29) is 44.3 Å². The van der Waals surface area contributed by atoms with Gasteiger partial charge in [-0.2, -0.15) is 4.31 Å². The molecule has 6 rings (SSSR count). The molecule has 4 aromatic heterocycles. The molecule has 12 atom stereocenters. The van der Waals surface area contributed by atoms with Gasteiger partial charge < -0.3 is 65.5 Å². The summed E-state index contributed by atoms with van der Waals surface area (Å²) in [5.41, 5.74) is 12.3. The number of ether oxygens (including phenoxy) is 2. The highest BCUT2D eigenvalue weighted by atomic mass is 32.2. The molecule has 0 amide bonds. The molecule has 34 heteroatoms. The molecule has 0 saturated carbocycles. The Balaban J connectivity index is 1.02. The molecule has 4 aromatic rings. The minimum Gasteiger partial charge on any atom is -0.387 e. The molecule has 316 valence electrons. The molecular weight excluding hydrogens is 892 g/mol. The Hall–Kier alpha value is -2.24. The monoisotopic (exact) mass is 926 g/mol. The number of aliphatic hydroxyl groups is 4. The molecule has 0 radical (unpaired) electrons. The van der Waals surface area contributed by atoms with Crippen LogP contribution in [0.5, 0.6) is 0 Å². The van der Waals surface area contributed by atoms with Gasteiger partial charge in [0.1, 0.15) is 47.7 Å². The summed E-state index contributed by atoms with van der Waals surface area (Å²) in [6.45, 7) is -2.07. The first-order valence-electron chi connectivity index (χ1n) is 15.7. The Morgan fingerprint density at radius 2 is 1.11 bits per heavy atom. The number of aromatic nitrogens is 8. The summed E-state index contributed by atoms with van der Waals surface area (Å²) in [7, 11) is -22.8. The molecule has 2 fully saturated rings. The van der Waals surface area contributed by atoms with Gasteiger partial charge in [0.2, 0.25) is 0 Å². The predicted molar refractivity (Wildman–Crippen MR) is 193 cm³/mol. The molecule has 0 spiro atoms.